The monoisotopic (exact) mass is 206 g/mol. The van der Waals surface area contributed by atoms with Gasteiger partial charge in [-0.25, -0.2) is 4.39 Å². The third kappa shape index (κ3) is 2.09. The van der Waals surface area contributed by atoms with E-state index in [0.29, 0.717) is 24.0 Å². The van der Waals surface area contributed by atoms with Crippen LogP contribution in [0.1, 0.15) is 48.0 Å². The van der Waals surface area contributed by atoms with Gasteiger partial charge in [-0.05, 0) is 37.3 Å². The molecular weight excluding hydrogens is 191 g/mol. The molecule has 1 aromatic carbocycles. The average Bonchev–Trinajstić information content (AvgIpc) is 2.30. The zero-order valence-corrected chi connectivity index (χ0v) is 8.71. The summed E-state index contributed by atoms with van der Waals surface area (Å²) in [5, 5.41) is 0. The van der Waals surface area contributed by atoms with Gasteiger partial charge in [0.1, 0.15) is 12.0 Å². The first-order valence-electron chi connectivity index (χ1n) is 5.49. The van der Waals surface area contributed by atoms with Crippen molar-refractivity contribution >= 4 is 6.29 Å². The molecule has 0 spiro atoms. The third-order valence-corrected chi connectivity index (χ3v) is 3.19. The molecular formula is C13H15FO. The molecule has 0 radical (unpaired) electrons. The quantitative estimate of drug-likeness (QED) is 0.675. The summed E-state index contributed by atoms with van der Waals surface area (Å²) in [4.78, 5) is 10.6. The Labute approximate surface area is 89.3 Å². The van der Waals surface area contributed by atoms with Gasteiger partial charge in [0.25, 0.3) is 0 Å². The van der Waals surface area contributed by atoms with E-state index in [2.05, 4.69) is 0 Å². The van der Waals surface area contributed by atoms with E-state index in [1.165, 1.54) is 0 Å². The Hall–Kier alpha value is -1.18. The first-order chi connectivity index (χ1) is 7.24. The molecule has 1 nitrogen and oxygen atoms in total. The van der Waals surface area contributed by atoms with Crippen molar-refractivity contribution < 1.29 is 9.18 Å². The molecule has 1 aliphatic rings. The van der Waals surface area contributed by atoms with Gasteiger partial charge in [-0.2, -0.15) is 0 Å². The minimum atomic E-state index is -1.20. The number of halogens is 1. The summed E-state index contributed by atoms with van der Waals surface area (Å²) in [6.45, 7) is 0. The maximum Gasteiger partial charge on any atom is 0.150 e. The number of carbonyl (C=O) groups is 1. The molecule has 1 fully saturated rings. The van der Waals surface area contributed by atoms with E-state index < -0.39 is 5.67 Å². The summed E-state index contributed by atoms with van der Waals surface area (Å²) in [6, 6.07) is 6.94. The van der Waals surface area contributed by atoms with Crippen LogP contribution >= 0.6 is 0 Å². The van der Waals surface area contributed by atoms with Crippen molar-refractivity contribution in [2.75, 3.05) is 0 Å². The number of aldehydes is 1. The lowest BCUT2D eigenvalue weighted by molar-refractivity contribution is 0.105. The molecule has 2 heteroatoms. The first-order valence-corrected chi connectivity index (χ1v) is 5.49. The van der Waals surface area contributed by atoms with Crippen LogP contribution in [0.3, 0.4) is 0 Å². The number of benzene rings is 1. The predicted molar refractivity (Wildman–Crippen MR) is 57.7 cm³/mol. The highest BCUT2D eigenvalue weighted by Gasteiger charge is 2.33. The molecule has 1 saturated carbocycles. The maximum absolute atomic E-state index is 14.5. The number of alkyl halides is 1. The van der Waals surface area contributed by atoms with Crippen molar-refractivity contribution in [1.29, 1.82) is 0 Å². The molecule has 0 atom stereocenters. The van der Waals surface area contributed by atoms with Gasteiger partial charge in [0, 0.05) is 5.56 Å². The van der Waals surface area contributed by atoms with Gasteiger partial charge in [-0.15, -0.1) is 0 Å². The van der Waals surface area contributed by atoms with Gasteiger partial charge < -0.3 is 0 Å². The minimum absolute atomic E-state index is 0.565. The predicted octanol–water partition coefficient (Wildman–Crippen LogP) is 3.63. The third-order valence-electron chi connectivity index (χ3n) is 3.19. The molecule has 0 unspecified atom stereocenters. The summed E-state index contributed by atoms with van der Waals surface area (Å²) >= 11 is 0. The number of hydrogen-bond acceptors (Lipinski definition) is 1. The highest BCUT2D eigenvalue weighted by atomic mass is 19.1. The van der Waals surface area contributed by atoms with E-state index in [9.17, 15) is 9.18 Å². The standard InChI is InChI=1S/C13H15FO/c14-13(7-2-1-3-8-13)12-6-4-5-11(9-12)10-15/h4-6,9-10H,1-3,7-8H2. The maximum atomic E-state index is 14.5. The van der Waals surface area contributed by atoms with Gasteiger partial charge in [0.15, 0.2) is 0 Å². The highest BCUT2D eigenvalue weighted by Crippen LogP contribution is 2.40. The van der Waals surface area contributed by atoms with Crippen LogP contribution < -0.4 is 0 Å². The van der Waals surface area contributed by atoms with Crippen molar-refractivity contribution in [3.05, 3.63) is 35.4 Å². The van der Waals surface area contributed by atoms with E-state index in [4.69, 9.17) is 0 Å². The topological polar surface area (TPSA) is 17.1 Å². The number of hydrogen-bond donors (Lipinski definition) is 0. The Morgan fingerprint density at radius 2 is 1.93 bits per heavy atom. The zero-order chi connectivity index (χ0) is 10.7. The Bertz CT molecular complexity index is 353. The molecule has 2 rings (SSSR count). The molecule has 15 heavy (non-hydrogen) atoms. The molecule has 1 aliphatic carbocycles. The largest absolute Gasteiger partial charge is 0.298 e. The van der Waals surface area contributed by atoms with Gasteiger partial charge >= 0.3 is 0 Å². The highest BCUT2D eigenvalue weighted by molar-refractivity contribution is 5.75. The number of carbonyl (C=O) groups excluding carboxylic acids is 1. The van der Waals surface area contributed by atoms with E-state index in [1.807, 2.05) is 0 Å². The second-order valence-corrected chi connectivity index (χ2v) is 4.27. The fourth-order valence-corrected chi connectivity index (χ4v) is 2.29. The Morgan fingerprint density at radius 3 is 2.60 bits per heavy atom. The number of rotatable bonds is 2. The second-order valence-electron chi connectivity index (χ2n) is 4.27. The molecule has 80 valence electrons. The summed E-state index contributed by atoms with van der Waals surface area (Å²) in [7, 11) is 0. The molecule has 0 aliphatic heterocycles. The van der Waals surface area contributed by atoms with Gasteiger partial charge in [-0.1, -0.05) is 24.6 Å². The van der Waals surface area contributed by atoms with Gasteiger partial charge in [0.05, 0.1) is 0 Å². The van der Waals surface area contributed by atoms with Crippen LogP contribution in [0.4, 0.5) is 4.39 Å². The van der Waals surface area contributed by atoms with Crippen molar-refractivity contribution in [2.24, 2.45) is 0 Å². The van der Waals surface area contributed by atoms with E-state index in [0.717, 1.165) is 25.5 Å². The lowest BCUT2D eigenvalue weighted by Gasteiger charge is -2.29. The Morgan fingerprint density at radius 1 is 1.20 bits per heavy atom. The van der Waals surface area contributed by atoms with E-state index in [-0.39, 0.29) is 0 Å². The zero-order valence-electron chi connectivity index (χ0n) is 8.71. The van der Waals surface area contributed by atoms with Crippen LogP contribution in [-0.4, -0.2) is 6.29 Å². The minimum Gasteiger partial charge on any atom is -0.298 e. The fraction of sp³-hybridized carbons (Fsp3) is 0.462. The average molecular weight is 206 g/mol. The molecule has 0 bridgehead atoms. The molecule has 0 amide bonds. The van der Waals surface area contributed by atoms with Crippen LogP contribution in [0.25, 0.3) is 0 Å². The normalized spacial score (nSPS) is 19.8. The smallest absolute Gasteiger partial charge is 0.150 e. The summed E-state index contributed by atoms with van der Waals surface area (Å²) in [6.07, 6.45) is 4.98. The molecule has 0 aromatic heterocycles. The fourth-order valence-electron chi connectivity index (χ4n) is 2.29. The molecule has 0 N–H and O–H groups in total. The molecule has 1 aromatic rings. The van der Waals surface area contributed by atoms with Crippen molar-refractivity contribution in [3.63, 3.8) is 0 Å². The van der Waals surface area contributed by atoms with Crippen LogP contribution in [-0.2, 0) is 5.67 Å². The van der Waals surface area contributed by atoms with Crippen LogP contribution in [0.2, 0.25) is 0 Å². The van der Waals surface area contributed by atoms with E-state index >= 15 is 0 Å². The Kier molecular flexibility index (Phi) is 2.85. The SMILES string of the molecule is O=Cc1cccc(C2(F)CCCCC2)c1. The summed E-state index contributed by atoms with van der Waals surface area (Å²) in [5.74, 6) is 0. The van der Waals surface area contributed by atoms with Crippen molar-refractivity contribution in [2.45, 2.75) is 37.8 Å². The van der Waals surface area contributed by atoms with Crippen LogP contribution in [0.15, 0.2) is 24.3 Å². The summed E-state index contributed by atoms with van der Waals surface area (Å²) < 4.78 is 14.5. The molecule has 0 saturated heterocycles. The molecule has 0 heterocycles. The lowest BCUT2D eigenvalue weighted by atomic mass is 9.81. The van der Waals surface area contributed by atoms with Crippen LogP contribution in [0, 0.1) is 0 Å². The van der Waals surface area contributed by atoms with Crippen molar-refractivity contribution in [1.82, 2.24) is 0 Å². The Balaban J connectivity index is 2.30. The van der Waals surface area contributed by atoms with Crippen LogP contribution in [0.5, 0.6) is 0 Å². The van der Waals surface area contributed by atoms with Crippen molar-refractivity contribution in [3.8, 4) is 0 Å². The second kappa shape index (κ2) is 4.13. The summed E-state index contributed by atoms with van der Waals surface area (Å²) in [5.41, 5.74) is 0.0407. The van der Waals surface area contributed by atoms with Gasteiger partial charge in [-0.3, -0.25) is 4.79 Å². The first kappa shape index (κ1) is 10.3. The van der Waals surface area contributed by atoms with E-state index in [1.54, 1.807) is 24.3 Å². The van der Waals surface area contributed by atoms with Gasteiger partial charge in [0.2, 0.25) is 0 Å². The lowest BCUT2D eigenvalue weighted by Crippen LogP contribution is -2.23.